The summed E-state index contributed by atoms with van der Waals surface area (Å²) in [7, 11) is 0. The van der Waals surface area contributed by atoms with Crippen molar-refractivity contribution >= 4 is 17.2 Å². The number of aromatic nitrogens is 2. The topological polar surface area (TPSA) is 37.8 Å². The largest absolute Gasteiger partial charge is 0.370 e. The summed E-state index contributed by atoms with van der Waals surface area (Å²) in [5.74, 6) is 0.369. The Morgan fingerprint density at radius 1 is 1.44 bits per heavy atom. The second-order valence-corrected chi connectivity index (χ2v) is 4.46. The Bertz CT molecular complexity index is 453. The minimum Gasteiger partial charge on any atom is -0.370 e. The molecule has 0 aromatic carbocycles. The van der Waals surface area contributed by atoms with Crippen molar-refractivity contribution in [2.45, 2.75) is 13.3 Å². The van der Waals surface area contributed by atoms with Crippen LogP contribution in [0, 0.1) is 12.7 Å². The fraction of sp³-hybridized carbons (Fsp3) is 0.273. The standard InChI is InChI=1S/C11H12FN3S/c1-8-15-10(7-16-8)4-5-13-11-3-2-9(12)6-14-11/h2-3,6-7H,4-5H2,1H3,(H,13,14). The van der Waals surface area contributed by atoms with Gasteiger partial charge in [-0.1, -0.05) is 0 Å². The van der Waals surface area contributed by atoms with Crippen molar-refractivity contribution in [3.05, 3.63) is 40.2 Å². The number of hydrogen-bond donors (Lipinski definition) is 1. The first-order valence-corrected chi connectivity index (χ1v) is 5.88. The number of rotatable bonds is 4. The average Bonchev–Trinajstić information content (AvgIpc) is 2.67. The number of halogens is 1. The second-order valence-electron chi connectivity index (χ2n) is 3.40. The van der Waals surface area contributed by atoms with Crippen molar-refractivity contribution in [3.63, 3.8) is 0 Å². The molecular weight excluding hydrogens is 225 g/mol. The molecule has 0 bridgehead atoms. The zero-order chi connectivity index (χ0) is 11.4. The van der Waals surface area contributed by atoms with E-state index in [1.165, 1.54) is 12.3 Å². The molecule has 0 amide bonds. The maximum Gasteiger partial charge on any atom is 0.141 e. The summed E-state index contributed by atoms with van der Waals surface area (Å²) in [5, 5.41) is 6.25. The average molecular weight is 237 g/mol. The van der Waals surface area contributed by atoms with E-state index in [-0.39, 0.29) is 5.82 Å². The fourth-order valence-corrected chi connectivity index (χ4v) is 1.97. The molecule has 0 aliphatic carbocycles. The van der Waals surface area contributed by atoms with Gasteiger partial charge in [0.05, 0.1) is 16.9 Å². The summed E-state index contributed by atoms with van der Waals surface area (Å²) < 4.78 is 12.6. The van der Waals surface area contributed by atoms with Crippen molar-refractivity contribution in [1.29, 1.82) is 0 Å². The van der Waals surface area contributed by atoms with E-state index in [0.29, 0.717) is 5.82 Å². The van der Waals surface area contributed by atoms with Gasteiger partial charge in [0.25, 0.3) is 0 Å². The van der Waals surface area contributed by atoms with Gasteiger partial charge in [0.1, 0.15) is 11.6 Å². The Morgan fingerprint density at radius 3 is 2.94 bits per heavy atom. The van der Waals surface area contributed by atoms with Crippen LogP contribution < -0.4 is 5.32 Å². The summed E-state index contributed by atoms with van der Waals surface area (Å²) in [6.07, 6.45) is 2.05. The predicted molar refractivity (Wildman–Crippen MR) is 63.2 cm³/mol. The molecule has 1 N–H and O–H groups in total. The van der Waals surface area contributed by atoms with Gasteiger partial charge >= 0.3 is 0 Å². The molecule has 0 saturated carbocycles. The van der Waals surface area contributed by atoms with Crippen LogP contribution in [0.3, 0.4) is 0 Å². The highest BCUT2D eigenvalue weighted by molar-refractivity contribution is 7.09. The lowest BCUT2D eigenvalue weighted by Gasteiger charge is -2.03. The van der Waals surface area contributed by atoms with E-state index in [4.69, 9.17) is 0 Å². The third kappa shape index (κ3) is 3.00. The number of pyridine rings is 1. The normalized spacial score (nSPS) is 10.4. The minimum atomic E-state index is -0.319. The Balaban J connectivity index is 1.82. The summed E-state index contributed by atoms with van der Waals surface area (Å²) >= 11 is 1.65. The van der Waals surface area contributed by atoms with Crippen LogP contribution in [-0.4, -0.2) is 16.5 Å². The number of hydrogen-bond acceptors (Lipinski definition) is 4. The van der Waals surface area contributed by atoms with Crippen LogP contribution in [0.2, 0.25) is 0 Å². The third-order valence-electron chi connectivity index (χ3n) is 2.08. The molecule has 0 fully saturated rings. The first-order valence-electron chi connectivity index (χ1n) is 5.00. The van der Waals surface area contributed by atoms with Crippen LogP contribution in [0.25, 0.3) is 0 Å². The summed E-state index contributed by atoms with van der Waals surface area (Å²) in [5.41, 5.74) is 1.08. The van der Waals surface area contributed by atoms with Crippen molar-refractivity contribution in [2.24, 2.45) is 0 Å². The predicted octanol–water partition coefficient (Wildman–Crippen LogP) is 2.64. The summed E-state index contributed by atoms with van der Waals surface area (Å²) in [6, 6.07) is 3.02. The molecule has 2 rings (SSSR count). The van der Waals surface area contributed by atoms with Gasteiger partial charge in [-0.15, -0.1) is 11.3 Å². The molecule has 2 aromatic rings. The van der Waals surface area contributed by atoms with E-state index in [1.54, 1.807) is 17.4 Å². The highest BCUT2D eigenvalue weighted by Gasteiger charge is 1.98. The molecule has 0 radical (unpaired) electrons. The van der Waals surface area contributed by atoms with Gasteiger partial charge in [0.15, 0.2) is 0 Å². The van der Waals surface area contributed by atoms with Gasteiger partial charge in [0.2, 0.25) is 0 Å². The lowest BCUT2D eigenvalue weighted by molar-refractivity contribution is 0.621. The Morgan fingerprint density at radius 2 is 2.31 bits per heavy atom. The lowest BCUT2D eigenvalue weighted by Crippen LogP contribution is -2.06. The molecule has 3 nitrogen and oxygen atoms in total. The van der Waals surface area contributed by atoms with E-state index in [0.717, 1.165) is 23.7 Å². The SMILES string of the molecule is Cc1nc(CCNc2ccc(F)cn2)cs1. The third-order valence-corrected chi connectivity index (χ3v) is 2.90. The lowest BCUT2D eigenvalue weighted by atomic mass is 10.3. The molecule has 2 aromatic heterocycles. The molecule has 0 atom stereocenters. The number of aryl methyl sites for hydroxylation is 1. The van der Waals surface area contributed by atoms with Crippen LogP contribution in [0.15, 0.2) is 23.7 Å². The maximum absolute atomic E-state index is 12.6. The Hall–Kier alpha value is -1.49. The first kappa shape index (κ1) is 11.0. The number of nitrogens with zero attached hydrogens (tertiary/aromatic N) is 2. The molecule has 0 aliphatic rings. The van der Waals surface area contributed by atoms with E-state index in [1.807, 2.05) is 6.92 Å². The molecule has 16 heavy (non-hydrogen) atoms. The van der Waals surface area contributed by atoms with Gasteiger partial charge in [0, 0.05) is 18.3 Å². The second kappa shape index (κ2) is 5.03. The van der Waals surface area contributed by atoms with Gasteiger partial charge < -0.3 is 5.32 Å². The molecule has 0 saturated heterocycles. The van der Waals surface area contributed by atoms with Crippen molar-refractivity contribution in [3.8, 4) is 0 Å². The molecule has 5 heteroatoms. The number of anilines is 1. The van der Waals surface area contributed by atoms with Crippen LogP contribution in [0.4, 0.5) is 10.2 Å². The van der Waals surface area contributed by atoms with Crippen LogP contribution in [0.5, 0.6) is 0 Å². The number of nitrogens with one attached hydrogen (secondary N) is 1. The molecular formula is C11H12FN3S. The van der Waals surface area contributed by atoms with Gasteiger partial charge in [-0.3, -0.25) is 0 Å². The smallest absolute Gasteiger partial charge is 0.141 e. The monoisotopic (exact) mass is 237 g/mol. The highest BCUT2D eigenvalue weighted by atomic mass is 32.1. The van der Waals surface area contributed by atoms with Gasteiger partial charge in [-0.05, 0) is 19.1 Å². The van der Waals surface area contributed by atoms with Crippen molar-refractivity contribution < 1.29 is 4.39 Å². The van der Waals surface area contributed by atoms with Crippen molar-refractivity contribution in [1.82, 2.24) is 9.97 Å². The quantitative estimate of drug-likeness (QED) is 0.888. The molecule has 0 aliphatic heterocycles. The van der Waals surface area contributed by atoms with E-state index >= 15 is 0 Å². The van der Waals surface area contributed by atoms with E-state index < -0.39 is 0 Å². The fourth-order valence-electron chi connectivity index (χ4n) is 1.32. The van der Waals surface area contributed by atoms with Crippen LogP contribution >= 0.6 is 11.3 Å². The van der Waals surface area contributed by atoms with Crippen LogP contribution in [0.1, 0.15) is 10.7 Å². The minimum absolute atomic E-state index is 0.319. The summed E-state index contributed by atoms with van der Waals surface area (Å²) in [4.78, 5) is 8.26. The number of thiazole rings is 1. The Labute approximate surface area is 97.4 Å². The van der Waals surface area contributed by atoms with Crippen LogP contribution in [-0.2, 0) is 6.42 Å². The highest BCUT2D eigenvalue weighted by Crippen LogP contribution is 2.09. The molecule has 2 heterocycles. The van der Waals surface area contributed by atoms with E-state index in [9.17, 15) is 4.39 Å². The maximum atomic E-state index is 12.6. The first-order chi connectivity index (χ1) is 7.74. The molecule has 84 valence electrons. The zero-order valence-electron chi connectivity index (χ0n) is 8.90. The molecule has 0 unspecified atom stereocenters. The van der Waals surface area contributed by atoms with Crippen molar-refractivity contribution in [2.75, 3.05) is 11.9 Å². The van der Waals surface area contributed by atoms with Gasteiger partial charge in [-0.25, -0.2) is 14.4 Å². The van der Waals surface area contributed by atoms with Gasteiger partial charge in [-0.2, -0.15) is 0 Å². The zero-order valence-corrected chi connectivity index (χ0v) is 9.72. The van der Waals surface area contributed by atoms with E-state index in [2.05, 4.69) is 20.7 Å². The Kier molecular flexibility index (Phi) is 3.46. The molecule has 0 spiro atoms. The summed E-state index contributed by atoms with van der Waals surface area (Å²) in [6.45, 7) is 2.74.